The summed E-state index contributed by atoms with van der Waals surface area (Å²) in [4.78, 5) is 11.3. The summed E-state index contributed by atoms with van der Waals surface area (Å²) in [5.41, 5.74) is 2.49. The van der Waals surface area contributed by atoms with E-state index in [1.165, 1.54) is 0 Å². The molecule has 0 aromatic carbocycles. The van der Waals surface area contributed by atoms with Gasteiger partial charge in [0.15, 0.2) is 0 Å². The van der Waals surface area contributed by atoms with Gasteiger partial charge in [0.25, 0.3) is 0 Å². The molecule has 1 rings (SSSR count). The predicted octanol–water partition coefficient (Wildman–Crippen LogP) is -0.100. The fraction of sp³-hybridized carbons (Fsp3) is 0.500. The number of imidazole rings is 1. The first kappa shape index (κ1) is 10.5. The van der Waals surface area contributed by atoms with Crippen LogP contribution in [0.5, 0.6) is 0 Å². The summed E-state index contributed by atoms with van der Waals surface area (Å²) in [7, 11) is 0. The molecule has 1 aromatic rings. The van der Waals surface area contributed by atoms with Crippen molar-refractivity contribution in [1.29, 1.82) is 0 Å². The number of hydrazine groups is 1. The average Bonchev–Trinajstić information content (AvgIpc) is 2.69. The molecule has 0 radical (unpaired) electrons. The number of aromatic nitrogens is 2. The zero-order valence-electron chi connectivity index (χ0n) is 8.41. The molecule has 0 fully saturated rings. The number of nitrogens with one attached hydrogen (secondary N) is 3. The molecule has 1 atom stereocenters. The van der Waals surface area contributed by atoms with Gasteiger partial charge in [-0.15, -0.1) is 0 Å². The molecule has 0 saturated carbocycles. The van der Waals surface area contributed by atoms with E-state index in [0.717, 1.165) is 5.82 Å². The van der Waals surface area contributed by atoms with E-state index >= 15 is 0 Å². The van der Waals surface area contributed by atoms with E-state index in [-0.39, 0.29) is 6.04 Å². The molecule has 78 valence electrons. The van der Waals surface area contributed by atoms with Crippen LogP contribution in [-0.4, -0.2) is 22.5 Å². The van der Waals surface area contributed by atoms with Gasteiger partial charge in [-0.25, -0.2) is 10.8 Å². The minimum atomic E-state index is 0.0475. The summed E-state index contributed by atoms with van der Waals surface area (Å²) >= 11 is 0. The van der Waals surface area contributed by atoms with Crippen molar-refractivity contribution < 1.29 is 0 Å². The van der Waals surface area contributed by atoms with Crippen molar-refractivity contribution in [3.05, 3.63) is 18.2 Å². The number of guanidine groups is 1. The maximum absolute atomic E-state index is 5.29. The fourth-order valence-corrected chi connectivity index (χ4v) is 1.08. The first-order valence-corrected chi connectivity index (χ1v) is 4.54. The van der Waals surface area contributed by atoms with Crippen molar-refractivity contribution in [2.75, 3.05) is 6.54 Å². The summed E-state index contributed by atoms with van der Waals surface area (Å²) in [6.07, 6.45) is 3.49. The number of rotatable bonds is 3. The van der Waals surface area contributed by atoms with E-state index < -0.39 is 0 Å². The van der Waals surface area contributed by atoms with Crippen LogP contribution < -0.4 is 16.6 Å². The molecule has 0 spiro atoms. The molecule has 1 heterocycles. The Hall–Kier alpha value is -1.56. The normalized spacial score (nSPS) is 13.8. The zero-order chi connectivity index (χ0) is 10.4. The third kappa shape index (κ3) is 2.74. The van der Waals surface area contributed by atoms with Gasteiger partial charge in [0.1, 0.15) is 5.82 Å². The van der Waals surface area contributed by atoms with Gasteiger partial charge < -0.3 is 10.3 Å². The van der Waals surface area contributed by atoms with Gasteiger partial charge in [-0.1, -0.05) is 0 Å². The molecule has 0 aliphatic rings. The van der Waals surface area contributed by atoms with Crippen molar-refractivity contribution in [2.24, 2.45) is 10.8 Å². The Morgan fingerprint density at radius 3 is 3.07 bits per heavy atom. The molecule has 6 nitrogen and oxygen atoms in total. The lowest BCUT2D eigenvalue weighted by molar-refractivity contribution is 0.652. The average molecular weight is 196 g/mol. The summed E-state index contributed by atoms with van der Waals surface area (Å²) in [5.74, 6) is 6.70. The van der Waals surface area contributed by atoms with Gasteiger partial charge in [-0.05, 0) is 13.8 Å². The van der Waals surface area contributed by atoms with Crippen LogP contribution in [0.4, 0.5) is 0 Å². The van der Waals surface area contributed by atoms with Gasteiger partial charge in [-0.3, -0.25) is 10.4 Å². The molecular weight excluding hydrogens is 180 g/mol. The highest BCUT2D eigenvalue weighted by atomic mass is 15.3. The minimum Gasteiger partial charge on any atom is -0.347 e. The molecular formula is C8H16N6. The summed E-state index contributed by atoms with van der Waals surface area (Å²) < 4.78 is 0. The number of aromatic amines is 1. The third-order valence-corrected chi connectivity index (χ3v) is 1.74. The Bertz CT molecular complexity index is 278. The number of H-pyrrole nitrogens is 1. The Morgan fingerprint density at radius 2 is 2.57 bits per heavy atom. The second-order valence-corrected chi connectivity index (χ2v) is 2.81. The predicted molar refractivity (Wildman–Crippen MR) is 55.4 cm³/mol. The van der Waals surface area contributed by atoms with Gasteiger partial charge in [0, 0.05) is 18.9 Å². The number of nitrogens with zero attached hydrogens (tertiary/aromatic N) is 2. The maximum atomic E-state index is 5.29. The van der Waals surface area contributed by atoms with Crippen LogP contribution in [0.1, 0.15) is 25.7 Å². The zero-order valence-corrected chi connectivity index (χ0v) is 8.41. The molecule has 6 heteroatoms. The Labute approximate surface area is 83.0 Å². The number of aliphatic imine (C=N–C) groups is 1. The fourth-order valence-electron chi connectivity index (χ4n) is 1.08. The first-order valence-electron chi connectivity index (χ1n) is 4.54. The summed E-state index contributed by atoms with van der Waals surface area (Å²) in [6.45, 7) is 4.59. The van der Waals surface area contributed by atoms with Crippen LogP contribution >= 0.6 is 0 Å². The van der Waals surface area contributed by atoms with Crippen molar-refractivity contribution in [2.45, 2.75) is 19.9 Å². The van der Waals surface area contributed by atoms with Crippen LogP contribution in [0.15, 0.2) is 17.4 Å². The molecule has 5 N–H and O–H groups in total. The van der Waals surface area contributed by atoms with Crippen LogP contribution in [0.2, 0.25) is 0 Å². The molecule has 0 aliphatic heterocycles. The van der Waals surface area contributed by atoms with Gasteiger partial charge in [0.05, 0.1) is 6.04 Å². The van der Waals surface area contributed by atoms with Crippen molar-refractivity contribution in [3.63, 3.8) is 0 Å². The highest BCUT2D eigenvalue weighted by Crippen LogP contribution is 2.03. The standard InChI is InChI=1S/C8H16N6/c1-3-10-8(14-9)13-6(2)7-11-4-5-12-7/h4-6H,3,9H2,1-2H3,(H,11,12)(H2,10,13,14). The van der Waals surface area contributed by atoms with E-state index in [2.05, 4.69) is 25.7 Å². The van der Waals surface area contributed by atoms with Crippen molar-refractivity contribution in [3.8, 4) is 0 Å². The lowest BCUT2D eigenvalue weighted by Crippen LogP contribution is -2.42. The lowest BCUT2D eigenvalue weighted by atomic mass is 10.3. The van der Waals surface area contributed by atoms with Gasteiger partial charge >= 0.3 is 0 Å². The minimum absolute atomic E-state index is 0.0475. The molecule has 0 aliphatic carbocycles. The lowest BCUT2D eigenvalue weighted by Gasteiger charge is -2.14. The van der Waals surface area contributed by atoms with Crippen LogP contribution in [-0.2, 0) is 0 Å². The number of hydrogen-bond donors (Lipinski definition) is 4. The highest BCUT2D eigenvalue weighted by Gasteiger charge is 2.08. The van der Waals surface area contributed by atoms with E-state index in [1.807, 2.05) is 13.8 Å². The molecule has 0 saturated heterocycles. The second kappa shape index (κ2) is 5.23. The first-order chi connectivity index (χ1) is 6.77. The van der Waals surface area contributed by atoms with E-state index in [4.69, 9.17) is 5.84 Å². The highest BCUT2D eigenvalue weighted by molar-refractivity contribution is 5.79. The van der Waals surface area contributed by atoms with Gasteiger partial charge in [0.2, 0.25) is 5.96 Å². The van der Waals surface area contributed by atoms with E-state index in [9.17, 15) is 0 Å². The summed E-state index contributed by atoms with van der Waals surface area (Å²) in [5, 5.41) is 3.09. The Morgan fingerprint density at radius 1 is 1.79 bits per heavy atom. The van der Waals surface area contributed by atoms with Crippen molar-refractivity contribution >= 4 is 5.96 Å². The third-order valence-electron chi connectivity index (χ3n) is 1.74. The molecule has 0 bridgehead atoms. The molecule has 14 heavy (non-hydrogen) atoms. The SMILES string of the molecule is CCN=C(NN)NC(C)c1ncc[nH]1. The molecule has 1 unspecified atom stereocenters. The molecule has 0 amide bonds. The summed E-state index contributed by atoms with van der Waals surface area (Å²) in [6, 6.07) is 0.0475. The van der Waals surface area contributed by atoms with E-state index in [1.54, 1.807) is 12.4 Å². The van der Waals surface area contributed by atoms with Crippen molar-refractivity contribution in [1.82, 2.24) is 20.7 Å². The van der Waals surface area contributed by atoms with Crippen LogP contribution in [0.25, 0.3) is 0 Å². The quantitative estimate of drug-likeness (QED) is 0.235. The second-order valence-electron chi connectivity index (χ2n) is 2.81. The molecule has 1 aromatic heterocycles. The Balaban J connectivity index is 2.55. The number of hydrogen-bond acceptors (Lipinski definition) is 3. The Kier molecular flexibility index (Phi) is 3.93. The van der Waals surface area contributed by atoms with E-state index in [0.29, 0.717) is 12.5 Å². The largest absolute Gasteiger partial charge is 0.347 e. The topological polar surface area (TPSA) is 91.1 Å². The monoisotopic (exact) mass is 196 g/mol. The smallest absolute Gasteiger partial charge is 0.206 e. The van der Waals surface area contributed by atoms with Crippen LogP contribution in [0.3, 0.4) is 0 Å². The van der Waals surface area contributed by atoms with Crippen LogP contribution in [0, 0.1) is 0 Å². The van der Waals surface area contributed by atoms with Gasteiger partial charge in [-0.2, -0.15) is 0 Å². The maximum Gasteiger partial charge on any atom is 0.206 e. The number of nitrogens with two attached hydrogens (primary N) is 1.